The number of carbonyl (C=O) groups excluding carboxylic acids is 1. The Balaban J connectivity index is 2.27. The minimum absolute atomic E-state index is 0.00481. The standard InChI is InChI=1S/C11H10N2O4/c14-9-4-2-1-3-7(9)8-5-10(15)13(12-8)6-11(16)17/h1-4,14H,5-6H2,(H,16,17). The van der Waals surface area contributed by atoms with Crippen LogP contribution in [-0.4, -0.2) is 39.4 Å². The van der Waals surface area contributed by atoms with Gasteiger partial charge in [0.05, 0.1) is 12.1 Å². The lowest BCUT2D eigenvalue weighted by Crippen LogP contribution is -2.27. The number of hydrogen-bond acceptors (Lipinski definition) is 4. The van der Waals surface area contributed by atoms with Gasteiger partial charge in [-0.2, -0.15) is 5.10 Å². The van der Waals surface area contributed by atoms with E-state index in [-0.39, 0.29) is 18.1 Å². The lowest BCUT2D eigenvalue weighted by Gasteiger charge is -2.06. The van der Waals surface area contributed by atoms with E-state index in [1.807, 2.05) is 0 Å². The zero-order valence-corrected chi connectivity index (χ0v) is 8.83. The van der Waals surface area contributed by atoms with Crippen LogP contribution in [0.15, 0.2) is 29.4 Å². The van der Waals surface area contributed by atoms with Crippen LogP contribution in [0, 0.1) is 0 Å². The van der Waals surface area contributed by atoms with Crippen LogP contribution < -0.4 is 0 Å². The van der Waals surface area contributed by atoms with E-state index < -0.39 is 12.5 Å². The fourth-order valence-electron chi connectivity index (χ4n) is 1.59. The van der Waals surface area contributed by atoms with E-state index in [1.165, 1.54) is 6.07 Å². The van der Waals surface area contributed by atoms with Gasteiger partial charge in [-0.05, 0) is 12.1 Å². The number of rotatable bonds is 3. The summed E-state index contributed by atoms with van der Waals surface area (Å²) < 4.78 is 0. The highest BCUT2D eigenvalue weighted by Crippen LogP contribution is 2.22. The summed E-state index contributed by atoms with van der Waals surface area (Å²) in [5, 5.41) is 23.0. The topological polar surface area (TPSA) is 90.2 Å². The van der Waals surface area contributed by atoms with E-state index in [9.17, 15) is 14.7 Å². The van der Waals surface area contributed by atoms with Gasteiger partial charge in [0.15, 0.2) is 0 Å². The van der Waals surface area contributed by atoms with Gasteiger partial charge < -0.3 is 10.2 Å². The molecule has 1 heterocycles. The summed E-state index contributed by atoms with van der Waals surface area (Å²) in [5.41, 5.74) is 0.836. The monoisotopic (exact) mass is 234 g/mol. The molecule has 0 saturated heterocycles. The van der Waals surface area contributed by atoms with Gasteiger partial charge in [0.1, 0.15) is 12.3 Å². The van der Waals surface area contributed by atoms with Gasteiger partial charge in [0.25, 0.3) is 0 Å². The number of phenolic OH excluding ortho intramolecular Hbond substituents is 1. The van der Waals surface area contributed by atoms with Crippen molar-refractivity contribution in [3.63, 3.8) is 0 Å². The number of carbonyl (C=O) groups is 2. The van der Waals surface area contributed by atoms with Crippen molar-refractivity contribution in [1.29, 1.82) is 0 Å². The Morgan fingerprint density at radius 1 is 1.41 bits per heavy atom. The van der Waals surface area contributed by atoms with Crippen molar-refractivity contribution in [3.05, 3.63) is 29.8 Å². The Morgan fingerprint density at radius 3 is 2.76 bits per heavy atom. The Hall–Kier alpha value is -2.37. The van der Waals surface area contributed by atoms with Crippen molar-refractivity contribution in [2.75, 3.05) is 6.54 Å². The number of hydrogen-bond donors (Lipinski definition) is 2. The van der Waals surface area contributed by atoms with Crippen molar-refractivity contribution in [1.82, 2.24) is 5.01 Å². The first-order chi connectivity index (χ1) is 8.08. The molecule has 0 aliphatic carbocycles. The molecule has 6 nitrogen and oxygen atoms in total. The highest BCUT2D eigenvalue weighted by Gasteiger charge is 2.27. The predicted molar refractivity (Wildman–Crippen MR) is 58.6 cm³/mol. The summed E-state index contributed by atoms with van der Waals surface area (Å²) in [6.07, 6.45) is 0.00481. The number of aromatic hydroxyl groups is 1. The molecule has 0 atom stereocenters. The number of nitrogens with zero attached hydrogens (tertiary/aromatic N) is 2. The second kappa shape index (κ2) is 4.25. The third kappa shape index (κ3) is 2.25. The average molecular weight is 234 g/mol. The summed E-state index contributed by atoms with van der Waals surface area (Å²) in [5.74, 6) is -1.48. The molecule has 0 spiro atoms. The molecule has 6 heteroatoms. The summed E-state index contributed by atoms with van der Waals surface area (Å²) in [6, 6.07) is 6.49. The highest BCUT2D eigenvalue weighted by molar-refractivity contribution is 6.15. The first kappa shape index (κ1) is 11.1. The maximum absolute atomic E-state index is 11.5. The molecule has 1 aromatic carbocycles. The van der Waals surface area contributed by atoms with Crippen LogP contribution in [0.2, 0.25) is 0 Å². The van der Waals surface area contributed by atoms with E-state index in [0.717, 1.165) is 5.01 Å². The van der Waals surface area contributed by atoms with Crippen LogP contribution >= 0.6 is 0 Å². The molecule has 2 N–H and O–H groups in total. The molecule has 0 bridgehead atoms. The molecule has 0 radical (unpaired) electrons. The fraction of sp³-hybridized carbons (Fsp3) is 0.182. The Kier molecular flexibility index (Phi) is 2.78. The Labute approximate surface area is 96.8 Å². The molecule has 0 unspecified atom stereocenters. The van der Waals surface area contributed by atoms with Crippen molar-refractivity contribution >= 4 is 17.6 Å². The molecular weight excluding hydrogens is 224 g/mol. The zero-order valence-electron chi connectivity index (χ0n) is 8.83. The lowest BCUT2D eigenvalue weighted by atomic mass is 10.1. The summed E-state index contributed by atoms with van der Waals surface area (Å²) in [6.45, 7) is -0.462. The molecule has 2 rings (SSSR count). The van der Waals surface area contributed by atoms with Gasteiger partial charge >= 0.3 is 5.97 Å². The van der Waals surface area contributed by atoms with Crippen LogP contribution in [-0.2, 0) is 9.59 Å². The number of para-hydroxylation sites is 1. The first-order valence-electron chi connectivity index (χ1n) is 4.96. The minimum atomic E-state index is -1.12. The SMILES string of the molecule is O=C(O)CN1N=C(c2ccccc2O)CC1=O. The normalized spacial score (nSPS) is 14.9. The summed E-state index contributed by atoms with van der Waals surface area (Å²) in [4.78, 5) is 22.0. The number of amides is 1. The van der Waals surface area contributed by atoms with E-state index in [0.29, 0.717) is 11.3 Å². The van der Waals surface area contributed by atoms with E-state index >= 15 is 0 Å². The van der Waals surface area contributed by atoms with Gasteiger partial charge in [-0.1, -0.05) is 12.1 Å². The first-order valence-corrected chi connectivity index (χ1v) is 4.96. The molecule has 0 aromatic heterocycles. The Bertz CT molecular complexity index is 510. The molecular formula is C11H10N2O4. The minimum Gasteiger partial charge on any atom is -0.507 e. The highest BCUT2D eigenvalue weighted by atomic mass is 16.4. The molecule has 88 valence electrons. The number of benzene rings is 1. The smallest absolute Gasteiger partial charge is 0.325 e. The summed E-state index contributed by atoms with van der Waals surface area (Å²) in [7, 11) is 0. The number of carboxylic acids is 1. The fourth-order valence-corrected chi connectivity index (χ4v) is 1.59. The molecule has 0 fully saturated rings. The van der Waals surface area contributed by atoms with E-state index in [1.54, 1.807) is 18.2 Å². The van der Waals surface area contributed by atoms with Crippen LogP contribution in [0.4, 0.5) is 0 Å². The van der Waals surface area contributed by atoms with Gasteiger partial charge in [-0.3, -0.25) is 9.59 Å². The predicted octanol–water partition coefficient (Wildman–Crippen LogP) is 0.413. The second-order valence-corrected chi connectivity index (χ2v) is 3.59. The third-order valence-electron chi connectivity index (χ3n) is 2.35. The maximum atomic E-state index is 11.5. The molecule has 1 aliphatic rings. The Morgan fingerprint density at radius 2 is 2.12 bits per heavy atom. The van der Waals surface area contributed by atoms with Crippen LogP contribution in [0.25, 0.3) is 0 Å². The largest absolute Gasteiger partial charge is 0.507 e. The van der Waals surface area contributed by atoms with Gasteiger partial charge in [-0.15, -0.1) is 0 Å². The van der Waals surface area contributed by atoms with Crippen molar-refractivity contribution in [2.24, 2.45) is 5.10 Å². The number of carboxylic acid groups (broad SMARTS) is 1. The molecule has 1 aliphatic heterocycles. The number of aliphatic carboxylic acids is 1. The van der Waals surface area contributed by atoms with Gasteiger partial charge in [0.2, 0.25) is 5.91 Å². The quantitative estimate of drug-likeness (QED) is 0.792. The van der Waals surface area contributed by atoms with Crippen LogP contribution in [0.3, 0.4) is 0 Å². The van der Waals surface area contributed by atoms with Crippen LogP contribution in [0.1, 0.15) is 12.0 Å². The van der Waals surface area contributed by atoms with Crippen molar-refractivity contribution in [3.8, 4) is 5.75 Å². The molecule has 17 heavy (non-hydrogen) atoms. The van der Waals surface area contributed by atoms with Crippen molar-refractivity contribution < 1.29 is 19.8 Å². The molecule has 1 aromatic rings. The third-order valence-corrected chi connectivity index (χ3v) is 2.35. The van der Waals surface area contributed by atoms with E-state index in [4.69, 9.17) is 5.11 Å². The van der Waals surface area contributed by atoms with Gasteiger partial charge in [-0.25, -0.2) is 5.01 Å². The lowest BCUT2D eigenvalue weighted by molar-refractivity contribution is -0.143. The van der Waals surface area contributed by atoms with E-state index in [2.05, 4.69) is 5.10 Å². The molecule has 1 amide bonds. The molecule has 0 saturated carbocycles. The number of hydrazone groups is 1. The van der Waals surface area contributed by atoms with Gasteiger partial charge in [0, 0.05) is 5.56 Å². The zero-order chi connectivity index (χ0) is 12.4. The maximum Gasteiger partial charge on any atom is 0.325 e. The van der Waals surface area contributed by atoms with Crippen LogP contribution in [0.5, 0.6) is 5.75 Å². The average Bonchev–Trinajstić information content (AvgIpc) is 2.60. The second-order valence-electron chi connectivity index (χ2n) is 3.59. The van der Waals surface area contributed by atoms with Crippen molar-refractivity contribution in [2.45, 2.75) is 6.42 Å². The number of phenols is 1. The summed E-state index contributed by atoms with van der Waals surface area (Å²) >= 11 is 0.